The van der Waals surface area contributed by atoms with Crippen LogP contribution in [0.15, 0.2) is 76.0 Å². The highest BCUT2D eigenvalue weighted by atomic mass is 32.2. The van der Waals surface area contributed by atoms with Crippen LogP contribution in [0, 0.1) is 6.92 Å². The Kier molecular flexibility index (Phi) is 11.9. The number of imidazole rings is 1. The Morgan fingerprint density at radius 3 is 2.38 bits per heavy atom. The normalized spacial score (nSPS) is 20.1. The molecule has 0 amide bonds. The van der Waals surface area contributed by atoms with E-state index < -0.39 is 34.0 Å². The number of benzene rings is 1. The first-order chi connectivity index (χ1) is 22.5. The summed E-state index contributed by atoms with van der Waals surface area (Å²) in [6.45, 7) is 0.0568. The Morgan fingerprint density at radius 1 is 0.936 bits per heavy atom. The molecule has 2 aliphatic rings. The maximum atomic E-state index is 14.6. The Morgan fingerprint density at radius 2 is 1.62 bits per heavy atom. The Hall–Kier alpha value is -3.09. The molecule has 0 aliphatic heterocycles. The molecule has 12 heteroatoms. The lowest BCUT2D eigenvalue weighted by Gasteiger charge is -2.19. The topological polar surface area (TPSA) is 97.1 Å². The van der Waals surface area contributed by atoms with Crippen LogP contribution in [0.2, 0.25) is 0 Å². The second-order valence-corrected chi connectivity index (χ2v) is 15.3. The summed E-state index contributed by atoms with van der Waals surface area (Å²) in [6.07, 6.45) is 15.8. The van der Waals surface area contributed by atoms with Crippen LogP contribution in [0.25, 0.3) is 11.0 Å². The van der Waals surface area contributed by atoms with Crippen LogP contribution in [-0.4, -0.2) is 39.7 Å². The number of halogens is 3. The molecule has 0 saturated heterocycles. The lowest BCUT2D eigenvalue weighted by molar-refractivity contribution is -0.153. The molecule has 0 N–H and O–H groups in total. The van der Waals surface area contributed by atoms with Crippen molar-refractivity contribution in [1.82, 2.24) is 13.9 Å². The number of fused-ring (bicyclic) bond motifs is 1. The summed E-state index contributed by atoms with van der Waals surface area (Å²) in [5.41, 5.74) is 3.80. The molecule has 5 rings (SSSR count). The minimum Gasteiger partial charge on any atom is -0.609 e. The molecule has 1 atom stereocenters. The SMILES string of the molecule is Cc1c(OCC(F)(F)F)ccnc1C[S+]([O-])c1nc2ccccc2n1S(=O)(=O)C1=C/CCCCCCCCCC2=C(\C=C\1)CCCC2. The lowest BCUT2D eigenvalue weighted by Crippen LogP contribution is -2.22. The molecule has 1 unspecified atom stereocenters. The van der Waals surface area contributed by atoms with Crippen molar-refractivity contribution in [1.29, 1.82) is 0 Å². The van der Waals surface area contributed by atoms with E-state index in [1.807, 2.05) is 6.08 Å². The van der Waals surface area contributed by atoms with Crippen molar-refractivity contribution in [3.05, 3.63) is 82.1 Å². The van der Waals surface area contributed by atoms with Crippen LogP contribution in [0.3, 0.4) is 0 Å². The molecular formula is C35H42F3N3O4S2. The fourth-order valence-electron chi connectivity index (χ4n) is 6.20. The molecule has 1 aromatic carbocycles. The van der Waals surface area contributed by atoms with Gasteiger partial charge >= 0.3 is 11.3 Å². The maximum absolute atomic E-state index is 14.6. The average molecular weight is 690 g/mol. The standard InChI is InChI=1S/C35H42F3N3O4S2/c1-26-31(39-23-22-33(26)45-25-35(36,37)38)24-46(42)34-40-30-18-12-13-19-32(30)41(34)47(43,44)29-17-9-7-5-3-2-4-6-8-14-27-15-10-11-16-28(27)20-21-29/h12-13,17-23H,2-11,14-16,24-25H2,1H3/b21-20+,29-17+. The fourth-order valence-corrected chi connectivity index (χ4v) is 9.34. The molecular weight excluding hydrogens is 648 g/mol. The number of aromatic nitrogens is 3. The van der Waals surface area contributed by atoms with Gasteiger partial charge in [-0.3, -0.25) is 4.98 Å². The van der Waals surface area contributed by atoms with E-state index in [9.17, 15) is 26.1 Å². The zero-order valence-corrected chi connectivity index (χ0v) is 28.4. The zero-order chi connectivity index (χ0) is 33.4. The molecule has 0 radical (unpaired) electrons. The van der Waals surface area contributed by atoms with Crippen molar-refractivity contribution >= 4 is 32.2 Å². The average Bonchev–Trinajstić information content (AvgIpc) is 3.44. The number of allylic oxidation sites excluding steroid dienone is 5. The highest BCUT2D eigenvalue weighted by molar-refractivity contribution is 7.95. The minimum atomic E-state index is -4.53. The quantitative estimate of drug-likeness (QED) is 0.230. The van der Waals surface area contributed by atoms with E-state index >= 15 is 0 Å². The summed E-state index contributed by atoms with van der Waals surface area (Å²) >= 11 is -2.03. The van der Waals surface area contributed by atoms with Gasteiger partial charge in [-0.05, 0) is 88.1 Å². The third kappa shape index (κ3) is 9.08. The second kappa shape index (κ2) is 15.9. The van der Waals surface area contributed by atoms with Crippen molar-refractivity contribution in [3.63, 3.8) is 0 Å². The minimum absolute atomic E-state index is 0.0347. The van der Waals surface area contributed by atoms with Crippen LogP contribution in [-0.2, 0) is 27.0 Å². The van der Waals surface area contributed by atoms with Gasteiger partial charge in [0.15, 0.2) is 12.4 Å². The van der Waals surface area contributed by atoms with Gasteiger partial charge in [0.1, 0.15) is 5.75 Å². The Balaban J connectivity index is 1.53. The second-order valence-electron chi connectivity index (χ2n) is 12.2. The summed E-state index contributed by atoms with van der Waals surface area (Å²) in [4.78, 5) is 8.87. The number of hydrogen-bond donors (Lipinski definition) is 0. The summed E-state index contributed by atoms with van der Waals surface area (Å²) < 4.78 is 87.6. The van der Waals surface area contributed by atoms with E-state index in [0.717, 1.165) is 61.8 Å². The number of para-hydroxylation sites is 2. The fraction of sp³-hybridized carbons (Fsp3) is 0.486. The van der Waals surface area contributed by atoms with E-state index in [-0.39, 0.29) is 27.3 Å². The van der Waals surface area contributed by atoms with Crippen molar-refractivity contribution < 1.29 is 30.9 Å². The summed E-state index contributed by atoms with van der Waals surface area (Å²) in [7, 11) is -4.26. The van der Waals surface area contributed by atoms with E-state index in [1.54, 1.807) is 36.4 Å². The molecule has 2 aliphatic carbocycles. The smallest absolute Gasteiger partial charge is 0.422 e. The summed E-state index contributed by atoms with van der Waals surface area (Å²) in [6, 6.07) is 8.04. The first kappa shape index (κ1) is 35.2. The van der Waals surface area contributed by atoms with E-state index in [2.05, 4.69) is 9.97 Å². The highest BCUT2D eigenvalue weighted by Gasteiger charge is 2.33. The largest absolute Gasteiger partial charge is 0.609 e. The van der Waals surface area contributed by atoms with Gasteiger partial charge < -0.3 is 9.29 Å². The van der Waals surface area contributed by atoms with E-state index in [1.165, 1.54) is 49.6 Å². The summed E-state index contributed by atoms with van der Waals surface area (Å²) in [5, 5.41) is -0.170. The Bertz CT molecular complexity index is 1750. The molecule has 2 aromatic heterocycles. The van der Waals surface area contributed by atoms with Gasteiger partial charge in [0.05, 0.1) is 21.6 Å². The van der Waals surface area contributed by atoms with Crippen LogP contribution < -0.4 is 4.74 Å². The number of alkyl halides is 3. The van der Waals surface area contributed by atoms with Crippen molar-refractivity contribution in [2.24, 2.45) is 0 Å². The monoisotopic (exact) mass is 689 g/mol. The van der Waals surface area contributed by atoms with Gasteiger partial charge in [-0.15, -0.1) is 0 Å². The summed E-state index contributed by atoms with van der Waals surface area (Å²) in [5.74, 6) is -0.300. The number of ether oxygens (including phenoxy) is 1. The molecule has 47 heavy (non-hydrogen) atoms. The van der Waals surface area contributed by atoms with Crippen molar-refractivity contribution in [3.8, 4) is 5.75 Å². The number of pyridine rings is 1. The van der Waals surface area contributed by atoms with Crippen LogP contribution >= 0.6 is 0 Å². The van der Waals surface area contributed by atoms with Gasteiger partial charge in [0, 0.05) is 22.9 Å². The van der Waals surface area contributed by atoms with Gasteiger partial charge in [0.25, 0.3) is 10.0 Å². The zero-order valence-electron chi connectivity index (χ0n) is 26.7. The number of hydrogen-bond acceptors (Lipinski definition) is 6. The van der Waals surface area contributed by atoms with Crippen molar-refractivity contribution in [2.75, 3.05) is 6.61 Å². The van der Waals surface area contributed by atoms with Crippen LogP contribution in [0.5, 0.6) is 5.75 Å². The van der Waals surface area contributed by atoms with Crippen molar-refractivity contribution in [2.45, 2.75) is 107 Å². The predicted octanol–water partition coefficient (Wildman–Crippen LogP) is 9.00. The molecule has 7 nitrogen and oxygen atoms in total. The molecule has 254 valence electrons. The van der Waals surface area contributed by atoms with Crippen LogP contribution in [0.1, 0.15) is 94.7 Å². The highest BCUT2D eigenvalue weighted by Crippen LogP contribution is 2.33. The number of nitrogens with zero attached hydrogens (tertiary/aromatic N) is 3. The number of rotatable bonds is 7. The molecule has 0 saturated carbocycles. The van der Waals surface area contributed by atoms with Gasteiger partial charge in [0.2, 0.25) is 0 Å². The first-order valence-electron chi connectivity index (χ1n) is 16.4. The van der Waals surface area contributed by atoms with Crippen LogP contribution in [0.4, 0.5) is 13.2 Å². The Labute approximate surface area is 278 Å². The molecule has 0 spiro atoms. The molecule has 2 heterocycles. The third-order valence-electron chi connectivity index (χ3n) is 8.76. The molecule has 0 fully saturated rings. The van der Waals surface area contributed by atoms with Gasteiger partial charge in [-0.25, -0.2) is 8.42 Å². The van der Waals surface area contributed by atoms with Gasteiger partial charge in [-0.1, -0.05) is 62.0 Å². The predicted molar refractivity (Wildman–Crippen MR) is 179 cm³/mol. The third-order valence-corrected chi connectivity index (χ3v) is 11.8. The molecule has 3 aromatic rings. The maximum Gasteiger partial charge on any atom is 0.422 e. The van der Waals surface area contributed by atoms with E-state index in [4.69, 9.17) is 4.74 Å². The molecule has 0 bridgehead atoms. The lowest BCUT2D eigenvalue weighted by atomic mass is 9.88. The van der Waals surface area contributed by atoms with E-state index in [0.29, 0.717) is 23.0 Å². The van der Waals surface area contributed by atoms with Gasteiger partial charge in [-0.2, -0.15) is 22.1 Å². The first-order valence-corrected chi connectivity index (χ1v) is 19.1.